The molecule has 0 bridgehead atoms. The van der Waals surface area contributed by atoms with Crippen molar-refractivity contribution in [3.8, 4) is 11.1 Å². The summed E-state index contributed by atoms with van der Waals surface area (Å²) in [7, 11) is 1.93. The van der Waals surface area contributed by atoms with E-state index in [1.54, 1.807) is 6.20 Å². The van der Waals surface area contributed by atoms with Crippen LogP contribution in [0.25, 0.3) is 11.1 Å². The zero-order chi connectivity index (χ0) is 28.3. The van der Waals surface area contributed by atoms with Gasteiger partial charge in [0.05, 0.1) is 6.20 Å². The van der Waals surface area contributed by atoms with Gasteiger partial charge in [-0.05, 0) is 84.5 Å². The first-order valence-electron chi connectivity index (χ1n) is 14.9. The summed E-state index contributed by atoms with van der Waals surface area (Å²) in [6, 6.07) is 18.4. The van der Waals surface area contributed by atoms with E-state index >= 15 is 0 Å². The van der Waals surface area contributed by atoms with Gasteiger partial charge in [-0.2, -0.15) is 5.10 Å². The Morgan fingerprint density at radius 2 is 1.63 bits per heavy atom. The SMILES string of the molecule is Cc1ccc(C(=O)N2CCC(c3ccc(-c4cnn(C)c4)cc3)CC2)cc1CC(=O)c1ccc(CC2CCC2)nc1. The molecule has 1 saturated carbocycles. The molecule has 2 fully saturated rings. The highest BCUT2D eigenvalue weighted by molar-refractivity contribution is 5.98. The first kappa shape index (κ1) is 27.1. The minimum Gasteiger partial charge on any atom is -0.339 e. The Kier molecular flexibility index (Phi) is 7.82. The fraction of sp³-hybridized carbons (Fsp3) is 0.371. The molecule has 0 radical (unpaired) electrons. The smallest absolute Gasteiger partial charge is 0.253 e. The minimum absolute atomic E-state index is 0.0377. The third kappa shape index (κ3) is 6.17. The van der Waals surface area contributed by atoms with Crippen LogP contribution in [0.5, 0.6) is 0 Å². The molecular formula is C35H38N4O2. The molecular weight excluding hydrogens is 508 g/mol. The van der Waals surface area contributed by atoms with Crippen LogP contribution in [0.3, 0.4) is 0 Å². The molecule has 210 valence electrons. The second kappa shape index (κ2) is 11.8. The Balaban J connectivity index is 1.06. The number of Topliss-reactive ketones (excluding diaryl/α,β-unsaturated/α-hetero) is 1. The number of piperidine rings is 1. The molecule has 2 aromatic carbocycles. The molecule has 1 saturated heterocycles. The van der Waals surface area contributed by atoms with Gasteiger partial charge in [0.25, 0.3) is 5.91 Å². The molecule has 1 amide bonds. The molecule has 2 aromatic heterocycles. The minimum atomic E-state index is 0.0377. The average molecular weight is 547 g/mol. The predicted molar refractivity (Wildman–Crippen MR) is 161 cm³/mol. The number of aryl methyl sites for hydroxylation is 2. The third-order valence-electron chi connectivity index (χ3n) is 9.02. The lowest BCUT2D eigenvalue weighted by atomic mass is 9.82. The van der Waals surface area contributed by atoms with Gasteiger partial charge >= 0.3 is 0 Å². The molecule has 1 aliphatic heterocycles. The molecule has 0 atom stereocenters. The third-order valence-corrected chi connectivity index (χ3v) is 9.02. The number of amides is 1. The summed E-state index contributed by atoms with van der Waals surface area (Å²) in [6.45, 7) is 3.46. The molecule has 3 heterocycles. The van der Waals surface area contributed by atoms with Crippen molar-refractivity contribution in [1.29, 1.82) is 0 Å². The van der Waals surface area contributed by atoms with E-state index in [1.807, 2.05) is 66.3 Å². The predicted octanol–water partition coefficient (Wildman–Crippen LogP) is 6.58. The van der Waals surface area contributed by atoms with Crippen LogP contribution in [0.2, 0.25) is 0 Å². The lowest BCUT2D eigenvalue weighted by Crippen LogP contribution is -2.38. The van der Waals surface area contributed by atoms with E-state index in [9.17, 15) is 9.59 Å². The largest absolute Gasteiger partial charge is 0.339 e. The lowest BCUT2D eigenvalue weighted by Gasteiger charge is -2.32. The number of nitrogens with zero attached hydrogens (tertiary/aromatic N) is 4. The van der Waals surface area contributed by atoms with Gasteiger partial charge in [-0.15, -0.1) is 0 Å². The lowest BCUT2D eigenvalue weighted by molar-refractivity contribution is 0.0712. The highest BCUT2D eigenvalue weighted by Crippen LogP contribution is 2.31. The van der Waals surface area contributed by atoms with E-state index in [1.165, 1.54) is 30.4 Å². The Hall–Kier alpha value is -4.06. The fourth-order valence-corrected chi connectivity index (χ4v) is 6.09. The van der Waals surface area contributed by atoms with Gasteiger partial charge in [-0.1, -0.05) is 49.6 Å². The number of rotatable bonds is 8. The molecule has 0 spiro atoms. The van der Waals surface area contributed by atoms with Crippen molar-refractivity contribution in [2.45, 2.75) is 57.8 Å². The molecule has 1 aliphatic carbocycles. The van der Waals surface area contributed by atoms with Crippen LogP contribution in [-0.4, -0.2) is 44.4 Å². The van der Waals surface area contributed by atoms with Gasteiger partial charge in [-0.25, -0.2) is 0 Å². The first-order chi connectivity index (χ1) is 19.9. The molecule has 0 unspecified atom stereocenters. The van der Waals surface area contributed by atoms with E-state index < -0.39 is 0 Å². The van der Waals surface area contributed by atoms with E-state index in [4.69, 9.17) is 0 Å². The first-order valence-corrected chi connectivity index (χ1v) is 14.9. The summed E-state index contributed by atoms with van der Waals surface area (Å²) < 4.78 is 1.82. The number of likely N-dealkylation sites (tertiary alicyclic amines) is 1. The molecule has 41 heavy (non-hydrogen) atoms. The summed E-state index contributed by atoms with van der Waals surface area (Å²) in [4.78, 5) is 33.0. The van der Waals surface area contributed by atoms with Crippen LogP contribution in [0.15, 0.2) is 73.2 Å². The number of carbonyl (C=O) groups excluding carboxylic acids is 2. The Morgan fingerprint density at radius 3 is 2.27 bits per heavy atom. The molecule has 6 rings (SSSR count). The van der Waals surface area contributed by atoms with Crippen molar-refractivity contribution in [2.24, 2.45) is 13.0 Å². The molecule has 6 nitrogen and oxygen atoms in total. The summed E-state index contributed by atoms with van der Waals surface area (Å²) in [5.41, 5.74) is 7.90. The second-order valence-corrected chi connectivity index (χ2v) is 11.9. The maximum absolute atomic E-state index is 13.4. The number of hydrogen-bond acceptors (Lipinski definition) is 4. The Labute approximate surface area is 242 Å². The van der Waals surface area contributed by atoms with Gasteiger partial charge < -0.3 is 4.90 Å². The van der Waals surface area contributed by atoms with Crippen molar-refractivity contribution in [3.05, 3.63) is 107 Å². The Morgan fingerprint density at radius 1 is 0.878 bits per heavy atom. The van der Waals surface area contributed by atoms with Crippen LogP contribution in [0.4, 0.5) is 0 Å². The quantitative estimate of drug-likeness (QED) is 0.234. The molecule has 6 heteroatoms. The van der Waals surface area contributed by atoms with Crippen LogP contribution in [0.1, 0.15) is 81.1 Å². The highest BCUT2D eigenvalue weighted by Gasteiger charge is 2.25. The maximum atomic E-state index is 13.4. The highest BCUT2D eigenvalue weighted by atomic mass is 16.2. The standard InChI is InChI=1S/C35H38N4O2/c1-24-6-7-29(19-31(24)20-34(40)30-12-13-33(36-21-30)18-25-4-3-5-25)35(41)39-16-14-28(15-17-39)26-8-10-27(11-9-26)32-22-37-38(2)23-32/h6-13,19,21-23,25,28H,3-5,14-18,20H2,1-2H3. The Bertz CT molecular complexity index is 1530. The van der Waals surface area contributed by atoms with Crippen LogP contribution in [0, 0.1) is 12.8 Å². The van der Waals surface area contributed by atoms with Crippen LogP contribution < -0.4 is 0 Å². The second-order valence-electron chi connectivity index (χ2n) is 11.9. The number of hydrogen-bond donors (Lipinski definition) is 0. The van der Waals surface area contributed by atoms with Gasteiger partial charge in [0.1, 0.15) is 0 Å². The van der Waals surface area contributed by atoms with E-state index in [2.05, 4.69) is 34.3 Å². The molecule has 0 N–H and O–H groups in total. The summed E-state index contributed by atoms with van der Waals surface area (Å²) in [6.07, 6.45) is 12.7. The summed E-state index contributed by atoms with van der Waals surface area (Å²) in [5, 5.41) is 4.27. The van der Waals surface area contributed by atoms with Gasteiger partial charge in [0.15, 0.2) is 5.78 Å². The normalized spacial score (nSPS) is 16.0. The summed E-state index contributed by atoms with van der Waals surface area (Å²) >= 11 is 0. The maximum Gasteiger partial charge on any atom is 0.253 e. The average Bonchev–Trinajstić information content (AvgIpc) is 3.42. The monoisotopic (exact) mass is 546 g/mol. The molecule has 2 aliphatic rings. The van der Waals surface area contributed by atoms with Crippen molar-refractivity contribution < 1.29 is 9.59 Å². The van der Waals surface area contributed by atoms with Crippen LogP contribution >= 0.6 is 0 Å². The van der Waals surface area contributed by atoms with Gasteiger partial charge in [0.2, 0.25) is 0 Å². The van der Waals surface area contributed by atoms with Gasteiger partial charge in [-0.3, -0.25) is 19.3 Å². The van der Waals surface area contributed by atoms with Crippen molar-refractivity contribution in [2.75, 3.05) is 13.1 Å². The number of aromatic nitrogens is 3. The van der Waals surface area contributed by atoms with Crippen LogP contribution in [-0.2, 0) is 19.9 Å². The van der Waals surface area contributed by atoms with Gasteiger partial charge in [0, 0.05) is 61.3 Å². The van der Waals surface area contributed by atoms with Crippen molar-refractivity contribution in [3.63, 3.8) is 0 Å². The number of benzene rings is 2. The number of pyridine rings is 1. The topological polar surface area (TPSA) is 68.1 Å². The molecule has 4 aromatic rings. The fourth-order valence-electron chi connectivity index (χ4n) is 6.09. The van der Waals surface area contributed by atoms with Crippen molar-refractivity contribution in [1.82, 2.24) is 19.7 Å². The summed E-state index contributed by atoms with van der Waals surface area (Å²) in [5.74, 6) is 1.28. The zero-order valence-electron chi connectivity index (χ0n) is 24.1. The van der Waals surface area contributed by atoms with E-state index in [0.717, 1.165) is 60.7 Å². The zero-order valence-corrected chi connectivity index (χ0v) is 24.1. The number of ketones is 1. The van der Waals surface area contributed by atoms with Crippen molar-refractivity contribution >= 4 is 11.7 Å². The van der Waals surface area contributed by atoms with E-state index in [0.29, 0.717) is 17.0 Å². The van der Waals surface area contributed by atoms with E-state index in [-0.39, 0.29) is 18.1 Å². The number of carbonyl (C=O) groups is 2.